The molecule has 1 aromatic rings. The topological polar surface area (TPSA) is 111 Å². The highest BCUT2D eigenvalue weighted by atomic mass is 16.6. The number of anilines is 1. The third kappa shape index (κ3) is 4.09. The first-order chi connectivity index (χ1) is 9.51. The summed E-state index contributed by atoms with van der Waals surface area (Å²) in [5.74, 6) is -0.372. The van der Waals surface area contributed by atoms with Crippen molar-refractivity contribution in [1.29, 1.82) is 0 Å². The number of rotatable bonds is 7. The first-order valence-electron chi connectivity index (χ1n) is 5.89. The lowest BCUT2D eigenvalue weighted by atomic mass is 10.2. The highest BCUT2D eigenvalue weighted by molar-refractivity contribution is 5.79. The van der Waals surface area contributed by atoms with Gasteiger partial charge in [-0.15, -0.1) is 0 Å². The predicted molar refractivity (Wildman–Crippen MR) is 70.8 cm³/mol. The van der Waals surface area contributed by atoms with E-state index in [0.717, 1.165) is 0 Å². The smallest absolute Gasteiger partial charge is 0.330 e. The molecule has 1 atom stereocenters. The van der Waals surface area contributed by atoms with E-state index in [4.69, 9.17) is 9.84 Å². The number of nitrogens with one attached hydrogen (secondary N) is 1. The second-order valence-electron chi connectivity index (χ2n) is 3.81. The minimum Gasteiger partial charge on any atom is -0.494 e. The predicted octanol–water partition coefficient (Wildman–Crippen LogP) is 0.939. The molecule has 0 aliphatic carbocycles. The van der Waals surface area contributed by atoms with E-state index in [-0.39, 0.29) is 11.4 Å². The Morgan fingerprint density at radius 1 is 1.50 bits per heavy atom. The van der Waals surface area contributed by atoms with Crippen LogP contribution in [0.3, 0.4) is 0 Å². The van der Waals surface area contributed by atoms with E-state index in [1.807, 2.05) is 0 Å². The van der Waals surface area contributed by atoms with E-state index in [0.29, 0.717) is 12.4 Å². The summed E-state index contributed by atoms with van der Waals surface area (Å²) in [5.41, 5.74) is 0.104. The molecule has 0 aliphatic heterocycles. The molecule has 1 rings (SSSR count). The van der Waals surface area contributed by atoms with Crippen LogP contribution in [0.1, 0.15) is 6.92 Å². The van der Waals surface area contributed by atoms with Crippen LogP contribution in [-0.4, -0.2) is 42.4 Å². The van der Waals surface area contributed by atoms with Crippen molar-refractivity contribution in [3.05, 3.63) is 28.3 Å². The van der Waals surface area contributed by atoms with Gasteiger partial charge in [-0.05, 0) is 6.92 Å². The molecule has 8 nitrogen and oxygen atoms in total. The van der Waals surface area contributed by atoms with Crippen LogP contribution in [0.2, 0.25) is 0 Å². The van der Waals surface area contributed by atoms with Crippen molar-refractivity contribution in [2.24, 2.45) is 0 Å². The van der Waals surface area contributed by atoms with Crippen LogP contribution in [0.4, 0.5) is 11.4 Å². The third-order valence-electron chi connectivity index (χ3n) is 2.42. The van der Waals surface area contributed by atoms with Crippen molar-refractivity contribution in [1.82, 2.24) is 0 Å². The Balaban J connectivity index is 3.03. The maximum absolute atomic E-state index is 11.4. The van der Waals surface area contributed by atoms with Crippen molar-refractivity contribution in [3.8, 4) is 5.75 Å². The molecular formula is C12H16N2O6. The number of non-ortho nitro benzene ring substituents is 1. The molecule has 20 heavy (non-hydrogen) atoms. The summed E-state index contributed by atoms with van der Waals surface area (Å²) in [4.78, 5) is 21.6. The maximum Gasteiger partial charge on any atom is 0.330 e. The SMILES string of the molecule is CCOc1cc(NC(CO)C(=O)OC)cc([N+](=O)[O-])c1. The van der Waals surface area contributed by atoms with E-state index in [9.17, 15) is 14.9 Å². The van der Waals surface area contributed by atoms with E-state index in [2.05, 4.69) is 10.1 Å². The fraction of sp³-hybridized carbons (Fsp3) is 0.417. The number of nitro groups is 1. The Morgan fingerprint density at radius 2 is 2.20 bits per heavy atom. The molecule has 0 saturated heterocycles. The number of carbonyl (C=O) groups excluding carboxylic acids is 1. The summed E-state index contributed by atoms with van der Waals surface area (Å²) in [6.45, 7) is 1.59. The summed E-state index contributed by atoms with van der Waals surface area (Å²) in [6, 6.07) is 3.02. The average Bonchev–Trinajstić information content (AvgIpc) is 2.44. The van der Waals surface area contributed by atoms with Crippen molar-refractivity contribution >= 4 is 17.3 Å². The monoisotopic (exact) mass is 284 g/mol. The Bertz CT molecular complexity index is 491. The van der Waals surface area contributed by atoms with Gasteiger partial charge in [0.25, 0.3) is 5.69 Å². The molecule has 0 saturated carbocycles. The molecule has 1 unspecified atom stereocenters. The second kappa shape index (κ2) is 7.29. The average molecular weight is 284 g/mol. The molecule has 0 aromatic heterocycles. The first kappa shape index (κ1) is 15.7. The molecule has 0 bridgehead atoms. The van der Waals surface area contributed by atoms with Gasteiger partial charge in [0.05, 0.1) is 31.3 Å². The molecule has 0 radical (unpaired) electrons. The molecule has 110 valence electrons. The summed E-state index contributed by atoms with van der Waals surface area (Å²) < 4.78 is 9.72. The van der Waals surface area contributed by atoms with Gasteiger partial charge in [0.15, 0.2) is 0 Å². The second-order valence-corrected chi connectivity index (χ2v) is 3.81. The van der Waals surface area contributed by atoms with Gasteiger partial charge in [0.1, 0.15) is 11.8 Å². The molecule has 2 N–H and O–H groups in total. The van der Waals surface area contributed by atoms with E-state index in [1.54, 1.807) is 6.92 Å². The zero-order valence-electron chi connectivity index (χ0n) is 11.2. The summed E-state index contributed by atoms with van der Waals surface area (Å²) >= 11 is 0. The molecule has 0 heterocycles. The highest BCUT2D eigenvalue weighted by Gasteiger charge is 2.19. The van der Waals surface area contributed by atoms with Gasteiger partial charge < -0.3 is 19.9 Å². The fourth-order valence-corrected chi connectivity index (χ4v) is 1.54. The van der Waals surface area contributed by atoms with Crippen LogP contribution < -0.4 is 10.1 Å². The fourth-order valence-electron chi connectivity index (χ4n) is 1.54. The number of aliphatic hydroxyl groups is 1. The molecular weight excluding hydrogens is 268 g/mol. The van der Waals surface area contributed by atoms with Crippen LogP contribution in [0.25, 0.3) is 0 Å². The largest absolute Gasteiger partial charge is 0.494 e. The lowest BCUT2D eigenvalue weighted by molar-refractivity contribution is -0.384. The standard InChI is InChI=1S/C12H16N2O6/c1-3-20-10-5-8(4-9(6-10)14(17)18)13-11(7-15)12(16)19-2/h4-6,11,13,15H,3,7H2,1-2H3. The number of hydrogen-bond acceptors (Lipinski definition) is 7. The number of carbonyl (C=O) groups is 1. The minimum atomic E-state index is -1.00. The first-order valence-corrected chi connectivity index (χ1v) is 5.89. The van der Waals surface area contributed by atoms with Crippen molar-refractivity contribution in [2.75, 3.05) is 25.6 Å². The molecule has 1 aromatic carbocycles. The van der Waals surface area contributed by atoms with E-state index < -0.39 is 23.5 Å². The Labute approximate surface area is 115 Å². The van der Waals surface area contributed by atoms with Gasteiger partial charge in [0, 0.05) is 17.8 Å². The van der Waals surface area contributed by atoms with Crippen LogP contribution in [0, 0.1) is 10.1 Å². The van der Waals surface area contributed by atoms with Crippen LogP contribution >= 0.6 is 0 Å². The zero-order chi connectivity index (χ0) is 15.1. The summed E-state index contributed by atoms with van der Waals surface area (Å²) in [6.07, 6.45) is 0. The Hall–Kier alpha value is -2.35. The van der Waals surface area contributed by atoms with E-state index >= 15 is 0 Å². The van der Waals surface area contributed by atoms with Crippen molar-refractivity contribution in [3.63, 3.8) is 0 Å². The third-order valence-corrected chi connectivity index (χ3v) is 2.42. The lowest BCUT2D eigenvalue weighted by Gasteiger charge is -2.15. The zero-order valence-corrected chi connectivity index (χ0v) is 11.2. The van der Waals surface area contributed by atoms with Crippen LogP contribution in [-0.2, 0) is 9.53 Å². The normalized spacial score (nSPS) is 11.6. The quantitative estimate of drug-likeness (QED) is 0.435. The number of aliphatic hydroxyl groups excluding tert-OH is 1. The Morgan fingerprint density at radius 3 is 2.70 bits per heavy atom. The van der Waals surface area contributed by atoms with E-state index in [1.165, 1.54) is 25.3 Å². The number of hydrogen-bond donors (Lipinski definition) is 2. The lowest BCUT2D eigenvalue weighted by Crippen LogP contribution is -2.34. The van der Waals surface area contributed by atoms with Crippen molar-refractivity contribution in [2.45, 2.75) is 13.0 Å². The van der Waals surface area contributed by atoms with Gasteiger partial charge in [-0.2, -0.15) is 0 Å². The van der Waals surface area contributed by atoms with Gasteiger partial charge in [-0.3, -0.25) is 10.1 Å². The van der Waals surface area contributed by atoms with Gasteiger partial charge in [-0.1, -0.05) is 0 Å². The maximum atomic E-state index is 11.4. The highest BCUT2D eigenvalue weighted by Crippen LogP contribution is 2.26. The number of methoxy groups -OCH3 is 1. The van der Waals surface area contributed by atoms with Gasteiger partial charge >= 0.3 is 5.97 Å². The number of esters is 1. The van der Waals surface area contributed by atoms with Gasteiger partial charge in [0.2, 0.25) is 0 Å². The molecule has 8 heteroatoms. The summed E-state index contributed by atoms with van der Waals surface area (Å²) in [5, 5.41) is 22.6. The van der Waals surface area contributed by atoms with Crippen LogP contribution in [0.15, 0.2) is 18.2 Å². The Kier molecular flexibility index (Phi) is 5.73. The number of nitro benzene ring substituents is 1. The molecule has 0 aliphatic rings. The molecule has 0 spiro atoms. The number of benzene rings is 1. The number of ether oxygens (including phenoxy) is 2. The minimum absolute atomic E-state index is 0.181. The molecule has 0 fully saturated rings. The number of nitrogens with zero attached hydrogens (tertiary/aromatic N) is 1. The molecule has 0 amide bonds. The van der Waals surface area contributed by atoms with Crippen molar-refractivity contribution < 1.29 is 24.3 Å². The van der Waals surface area contributed by atoms with Crippen LogP contribution in [0.5, 0.6) is 5.75 Å². The summed E-state index contributed by atoms with van der Waals surface area (Å²) in [7, 11) is 1.19. The van der Waals surface area contributed by atoms with Gasteiger partial charge in [-0.25, -0.2) is 4.79 Å².